The van der Waals surface area contributed by atoms with Crippen molar-refractivity contribution in [2.24, 2.45) is 0 Å². The smallest absolute Gasteiger partial charge is 0.230 e. The summed E-state index contributed by atoms with van der Waals surface area (Å²) in [6.07, 6.45) is 1.12. The molecule has 1 rings (SSSR count). The van der Waals surface area contributed by atoms with Crippen LogP contribution in [-0.4, -0.2) is 41.3 Å². The molecule has 0 amide bonds. The van der Waals surface area contributed by atoms with Crippen LogP contribution in [0.1, 0.15) is 20.3 Å². The minimum absolute atomic E-state index is 0.653. The number of aromatic nitrogens is 3. The number of nitrogens with one attached hydrogen (secondary N) is 1. The molecule has 0 saturated heterocycles. The zero-order valence-corrected chi connectivity index (χ0v) is 11.1. The van der Waals surface area contributed by atoms with E-state index in [0.717, 1.165) is 23.9 Å². The van der Waals surface area contributed by atoms with Crippen LogP contribution in [0.15, 0.2) is 5.16 Å². The van der Waals surface area contributed by atoms with E-state index >= 15 is 0 Å². The lowest BCUT2D eigenvalue weighted by atomic mass is 10.6. The molecule has 0 atom stereocenters. The standard InChI is InChI=1S/C10H19N5S/c1-5-7-16-10-13-8(11-6-2)12-9(14-10)15(3)4/h5-7H2,1-4H3,(H,11,12,13,14). The summed E-state index contributed by atoms with van der Waals surface area (Å²) in [7, 11) is 3.86. The molecule has 0 fully saturated rings. The number of hydrogen-bond acceptors (Lipinski definition) is 6. The molecule has 0 aliphatic rings. The second-order valence-corrected chi connectivity index (χ2v) is 4.58. The third-order valence-corrected chi connectivity index (χ3v) is 2.83. The largest absolute Gasteiger partial charge is 0.354 e. The van der Waals surface area contributed by atoms with Gasteiger partial charge >= 0.3 is 0 Å². The van der Waals surface area contributed by atoms with Crippen molar-refractivity contribution in [3.05, 3.63) is 0 Å². The van der Waals surface area contributed by atoms with Crippen LogP contribution in [0.25, 0.3) is 0 Å². The first kappa shape index (κ1) is 13.0. The molecule has 1 N–H and O–H groups in total. The molecule has 0 spiro atoms. The van der Waals surface area contributed by atoms with E-state index in [0.29, 0.717) is 11.9 Å². The molecule has 16 heavy (non-hydrogen) atoms. The summed E-state index contributed by atoms with van der Waals surface area (Å²) in [6, 6.07) is 0. The SMILES string of the molecule is CCCSc1nc(NCC)nc(N(C)C)n1. The van der Waals surface area contributed by atoms with Gasteiger partial charge in [-0.2, -0.15) is 15.0 Å². The van der Waals surface area contributed by atoms with Crippen LogP contribution in [0.2, 0.25) is 0 Å². The fraction of sp³-hybridized carbons (Fsp3) is 0.700. The van der Waals surface area contributed by atoms with Crippen molar-refractivity contribution in [2.45, 2.75) is 25.4 Å². The van der Waals surface area contributed by atoms with Gasteiger partial charge in [0.2, 0.25) is 11.9 Å². The van der Waals surface area contributed by atoms with Crippen LogP contribution in [0.5, 0.6) is 0 Å². The third-order valence-electron chi connectivity index (χ3n) is 1.77. The molecule has 0 aromatic carbocycles. The summed E-state index contributed by atoms with van der Waals surface area (Å²) >= 11 is 1.66. The van der Waals surface area contributed by atoms with Gasteiger partial charge in [-0.25, -0.2) is 0 Å². The van der Waals surface area contributed by atoms with Gasteiger partial charge in [-0.1, -0.05) is 18.7 Å². The van der Waals surface area contributed by atoms with Gasteiger partial charge in [-0.15, -0.1) is 0 Å². The van der Waals surface area contributed by atoms with Crippen LogP contribution in [0.4, 0.5) is 11.9 Å². The van der Waals surface area contributed by atoms with Crippen LogP contribution in [-0.2, 0) is 0 Å². The lowest BCUT2D eigenvalue weighted by Crippen LogP contribution is -2.15. The highest BCUT2D eigenvalue weighted by Crippen LogP contribution is 2.18. The molecule has 1 aromatic rings. The Bertz CT molecular complexity index is 329. The summed E-state index contributed by atoms with van der Waals surface area (Å²) in [6.45, 7) is 4.99. The van der Waals surface area contributed by atoms with Crippen molar-refractivity contribution >= 4 is 23.7 Å². The van der Waals surface area contributed by atoms with Gasteiger partial charge in [-0.05, 0) is 13.3 Å². The summed E-state index contributed by atoms with van der Waals surface area (Å²) in [5, 5.41) is 3.91. The van der Waals surface area contributed by atoms with E-state index in [4.69, 9.17) is 0 Å². The average molecular weight is 241 g/mol. The maximum Gasteiger partial charge on any atom is 0.230 e. The monoisotopic (exact) mass is 241 g/mol. The summed E-state index contributed by atoms with van der Waals surface area (Å²) in [5.41, 5.74) is 0. The summed E-state index contributed by atoms with van der Waals surface area (Å²) in [4.78, 5) is 14.9. The van der Waals surface area contributed by atoms with Crippen molar-refractivity contribution in [1.29, 1.82) is 0 Å². The van der Waals surface area contributed by atoms with E-state index in [1.54, 1.807) is 11.8 Å². The molecule has 1 heterocycles. The van der Waals surface area contributed by atoms with Gasteiger partial charge < -0.3 is 10.2 Å². The van der Waals surface area contributed by atoms with Gasteiger partial charge in [0.05, 0.1) is 0 Å². The highest BCUT2D eigenvalue weighted by molar-refractivity contribution is 7.99. The Balaban J connectivity index is 2.89. The predicted octanol–water partition coefficient (Wildman–Crippen LogP) is 1.87. The maximum absolute atomic E-state index is 4.38. The van der Waals surface area contributed by atoms with Gasteiger partial charge in [-0.3, -0.25) is 0 Å². The Morgan fingerprint density at radius 3 is 2.50 bits per heavy atom. The lowest BCUT2D eigenvalue weighted by molar-refractivity contribution is 0.862. The van der Waals surface area contributed by atoms with Gasteiger partial charge in [0.25, 0.3) is 0 Å². The highest BCUT2D eigenvalue weighted by atomic mass is 32.2. The molecule has 0 radical (unpaired) electrons. The number of hydrogen-bond donors (Lipinski definition) is 1. The van der Waals surface area contributed by atoms with E-state index < -0.39 is 0 Å². The molecule has 90 valence electrons. The quantitative estimate of drug-likeness (QED) is 0.767. The van der Waals surface area contributed by atoms with Crippen molar-refractivity contribution in [1.82, 2.24) is 15.0 Å². The van der Waals surface area contributed by atoms with Crippen molar-refractivity contribution in [3.63, 3.8) is 0 Å². The summed E-state index contributed by atoms with van der Waals surface area (Å²) in [5.74, 6) is 2.38. The van der Waals surface area contributed by atoms with E-state index in [-0.39, 0.29) is 0 Å². The van der Waals surface area contributed by atoms with Gasteiger partial charge in [0.15, 0.2) is 5.16 Å². The number of nitrogens with zero attached hydrogens (tertiary/aromatic N) is 4. The normalized spacial score (nSPS) is 10.2. The molecule has 0 aliphatic heterocycles. The first-order valence-electron chi connectivity index (χ1n) is 5.47. The Labute approximate surface area is 101 Å². The highest BCUT2D eigenvalue weighted by Gasteiger charge is 2.07. The van der Waals surface area contributed by atoms with Crippen LogP contribution < -0.4 is 10.2 Å². The second kappa shape index (κ2) is 6.52. The molecule has 0 saturated carbocycles. The molecule has 6 heteroatoms. The second-order valence-electron chi connectivity index (χ2n) is 3.51. The number of thioether (sulfide) groups is 1. The lowest BCUT2D eigenvalue weighted by Gasteiger charge is -2.12. The fourth-order valence-corrected chi connectivity index (χ4v) is 1.72. The topological polar surface area (TPSA) is 53.9 Å². The Morgan fingerprint density at radius 2 is 1.94 bits per heavy atom. The van der Waals surface area contributed by atoms with E-state index in [2.05, 4.69) is 27.2 Å². The Hall–Kier alpha value is -1.04. The van der Waals surface area contributed by atoms with Crippen molar-refractivity contribution in [2.75, 3.05) is 36.6 Å². The number of anilines is 2. The molecule has 0 bridgehead atoms. The first-order chi connectivity index (χ1) is 7.67. The fourth-order valence-electron chi connectivity index (χ4n) is 1.04. The van der Waals surface area contributed by atoms with E-state index in [1.807, 2.05) is 25.9 Å². The third kappa shape index (κ3) is 3.84. The molecule has 0 aliphatic carbocycles. The molecule has 0 unspecified atom stereocenters. The average Bonchev–Trinajstić information content (AvgIpc) is 2.26. The molecule has 5 nitrogen and oxygen atoms in total. The molecular weight excluding hydrogens is 222 g/mol. The predicted molar refractivity (Wildman–Crippen MR) is 69.3 cm³/mol. The maximum atomic E-state index is 4.38. The van der Waals surface area contributed by atoms with Crippen molar-refractivity contribution < 1.29 is 0 Å². The number of rotatable bonds is 6. The molecular formula is C10H19N5S. The van der Waals surface area contributed by atoms with E-state index in [9.17, 15) is 0 Å². The van der Waals surface area contributed by atoms with Crippen LogP contribution in [0.3, 0.4) is 0 Å². The Kier molecular flexibility index (Phi) is 5.31. The van der Waals surface area contributed by atoms with E-state index in [1.165, 1.54) is 0 Å². The zero-order chi connectivity index (χ0) is 12.0. The molecule has 1 aromatic heterocycles. The minimum Gasteiger partial charge on any atom is -0.354 e. The minimum atomic E-state index is 0.653. The van der Waals surface area contributed by atoms with Gasteiger partial charge in [0.1, 0.15) is 0 Å². The van der Waals surface area contributed by atoms with Crippen LogP contribution >= 0.6 is 11.8 Å². The zero-order valence-electron chi connectivity index (χ0n) is 10.3. The first-order valence-corrected chi connectivity index (χ1v) is 6.46. The Morgan fingerprint density at radius 1 is 1.19 bits per heavy atom. The van der Waals surface area contributed by atoms with Crippen LogP contribution in [0, 0.1) is 0 Å². The van der Waals surface area contributed by atoms with Crippen molar-refractivity contribution in [3.8, 4) is 0 Å². The van der Waals surface area contributed by atoms with Gasteiger partial charge in [0, 0.05) is 26.4 Å². The summed E-state index contributed by atoms with van der Waals surface area (Å²) < 4.78 is 0.